The summed E-state index contributed by atoms with van der Waals surface area (Å²) in [5.41, 5.74) is 0.140. The highest BCUT2D eigenvalue weighted by atomic mass is 19.1. The van der Waals surface area contributed by atoms with Gasteiger partial charge in [-0.2, -0.15) is 0 Å². The number of H-pyrrole nitrogens is 2. The van der Waals surface area contributed by atoms with Crippen molar-refractivity contribution in [3.05, 3.63) is 50.9 Å². The Kier molecular flexibility index (Phi) is 2.74. The molecule has 20 heavy (non-hydrogen) atoms. The Morgan fingerprint density at radius 2 is 1.90 bits per heavy atom. The van der Waals surface area contributed by atoms with Crippen LogP contribution in [0.5, 0.6) is 0 Å². The van der Waals surface area contributed by atoms with Gasteiger partial charge in [-0.25, -0.2) is 14.2 Å². The lowest BCUT2D eigenvalue weighted by Crippen LogP contribution is -2.29. The SMILES string of the molecule is CCn1c(=O)[nH]c(=O)c2[nH]c(-c3ccc(F)cc3)nc21. The lowest BCUT2D eigenvalue weighted by molar-refractivity contribution is 0.628. The lowest BCUT2D eigenvalue weighted by Gasteiger charge is -1.99. The molecule has 0 amide bonds. The van der Waals surface area contributed by atoms with Crippen LogP contribution in [0.25, 0.3) is 22.6 Å². The standard InChI is InChI=1S/C13H11FN4O2/c1-2-18-11-9(12(19)17-13(18)20)15-10(16-11)7-3-5-8(14)6-4-7/h3-6H,2H2,1H3,(H,15,16)(H,17,19,20). The number of rotatable bonds is 2. The normalized spacial score (nSPS) is 11.1. The summed E-state index contributed by atoms with van der Waals surface area (Å²) in [4.78, 5) is 32.8. The van der Waals surface area contributed by atoms with E-state index in [0.717, 1.165) is 0 Å². The molecule has 102 valence electrons. The zero-order valence-corrected chi connectivity index (χ0v) is 10.6. The predicted octanol–water partition coefficient (Wildman–Crippen LogP) is 1.24. The van der Waals surface area contributed by atoms with Gasteiger partial charge in [0.2, 0.25) is 0 Å². The molecule has 0 aliphatic carbocycles. The minimum atomic E-state index is -0.518. The van der Waals surface area contributed by atoms with Crippen molar-refractivity contribution in [2.24, 2.45) is 0 Å². The average molecular weight is 274 g/mol. The van der Waals surface area contributed by atoms with E-state index in [1.165, 1.54) is 16.7 Å². The number of fused-ring (bicyclic) bond motifs is 1. The zero-order valence-electron chi connectivity index (χ0n) is 10.6. The Hall–Kier alpha value is -2.70. The summed E-state index contributed by atoms with van der Waals surface area (Å²) < 4.78 is 14.3. The monoisotopic (exact) mass is 274 g/mol. The molecular formula is C13H11FN4O2. The fourth-order valence-electron chi connectivity index (χ4n) is 2.08. The molecule has 2 aromatic heterocycles. The van der Waals surface area contributed by atoms with Crippen molar-refractivity contribution in [2.75, 3.05) is 0 Å². The fraction of sp³-hybridized carbons (Fsp3) is 0.154. The van der Waals surface area contributed by atoms with Gasteiger partial charge in [0.25, 0.3) is 5.56 Å². The average Bonchev–Trinajstić information content (AvgIpc) is 2.85. The van der Waals surface area contributed by atoms with Crippen molar-refractivity contribution in [3.63, 3.8) is 0 Å². The maximum absolute atomic E-state index is 12.9. The minimum absolute atomic E-state index is 0.228. The lowest BCUT2D eigenvalue weighted by atomic mass is 10.2. The van der Waals surface area contributed by atoms with Crippen molar-refractivity contribution in [2.45, 2.75) is 13.5 Å². The van der Waals surface area contributed by atoms with Gasteiger partial charge in [-0.1, -0.05) is 0 Å². The van der Waals surface area contributed by atoms with E-state index in [1.807, 2.05) is 0 Å². The van der Waals surface area contributed by atoms with Gasteiger partial charge in [-0.15, -0.1) is 0 Å². The highest BCUT2D eigenvalue weighted by molar-refractivity contribution is 5.75. The van der Waals surface area contributed by atoms with Crippen molar-refractivity contribution in [1.82, 2.24) is 19.5 Å². The van der Waals surface area contributed by atoms with Crippen molar-refractivity contribution in [3.8, 4) is 11.4 Å². The number of benzene rings is 1. The molecule has 7 heteroatoms. The molecule has 0 aliphatic heterocycles. The summed E-state index contributed by atoms with van der Waals surface area (Å²) in [7, 11) is 0. The van der Waals surface area contributed by atoms with Crippen LogP contribution in [0.2, 0.25) is 0 Å². The molecule has 3 aromatic rings. The van der Waals surface area contributed by atoms with Crippen LogP contribution < -0.4 is 11.2 Å². The number of aromatic amines is 2. The van der Waals surface area contributed by atoms with Crippen LogP contribution in [-0.2, 0) is 6.54 Å². The first-order chi connectivity index (χ1) is 9.60. The Balaban J connectivity index is 2.30. The number of imidazole rings is 1. The van der Waals surface area contributed by atoms with E-state index in [1.54, 1.807) is 19.1 Å². The third-order valence-electron chi connectivity index (χ3n) is 3.07. The number of aryl methyl sites for hydroxylation is 1. The molecule has 0 unspecified atom stereocenters. The summed E-state index contributed by atoms with van der Waals surface area (Å²) in [6.45, 7) is 2.17. The molecule has 0 aliphatic rings. The van der Waals surface area contributed by atoms with Gasteiger partial charge in [-0.3, -0.25) is 14.3 Å². The number of halogens is 1. The number of nitrogens with one attached hydrogen (secondary N) is 2. The van der Waals surface area contributed by atoms with Crippen LogP contribution in [0.15, 0.2) is 33.9 Å². The Morgan fingerprint density at radius 3 is 2.55 bits per heavy atom. The van der Waals surface area contributed by atoms with Crippen molar-refractivity contribution < 1.29 is 4.39 Å². The van der Waals surface area contributed by atoms with Crippen LogP contribution in [0.3, 0.4) is 0 Å². The van der Waals surface area contributed by atoms with Crippen LogP contribution in [0, 0.1) is 5.82 Å². The summed E-state index contributed by atoms with van der Waals surface area (Å²) in [6, 6.07) is 5.71. The molecule has 2 heterocycles. The van der Waals surface area contributed by atoms with E-state index >= 15 is 0 Å². The van der Waals surface area contributed by atoms with Crippen LogP contribution in [0.4, 0.5) is 4.39 Å². The van der Waals surface area contributed by atoms with E-state index in [9.17, 15) is 14.0 Å². The van der Waals surface area contributed by atoms with Gasteiger partial charge in [0, 0.05) is 12.1 Å². The Labute approximate surface area is 111 Å². The van der Waals surface area contributed by atoms with Crippen LogP contribution >= 0.6 is 0 Å². The van der Waals surface area contributed by atoms with Gasteiger partial charge in [0.05, 0.1) is 0 Å². The van der Waals surface area contributed by atoms with Crippen LogP contribution in [-0.4, -0.2) is 19.5 Å². The molecule has 0 fully saturated rings. The van der Waals surface area contributed by atoms with E-state index in [2.05, 4.69) is 15.0 Å². The third-order valence-corrected chi connectivity index (χ3v) is 3.07. The molecule has 0 spiro atoms. The third kappa shape index (κ3) is 1.83. The molecular weight excluding hydrogens is 263 g/mol. The summed E-state index contributed by atoms with van der Waals surface area (Å²) >= 11 is 0. The first-order valence-corrected chi connectivity index (χ1v) is 6.09. The number of nitrogens with zero attached hydrogens (tertiary/aromatic N) is 2. The topological polar surface area (TPSA) is 83.5 Å². The predicted molar refractivity (Wildman–Crippen MR) is 72.0 cm³/mol. The molecule has 0 saturated carbocycles. The highest BCUT2D eigenvalue weighted by Gasteiger charge is 2.12. The molecule has 0 saturated heterocycles. The van der Waals surface area contributed by atoms with Gasteiger partial charge in [0.15, 0.2) is 5.65 Å². The maximum atomic E-state index is 12.9. The van der Waals surface area contributed by atoms with Crippen LogP contribution in [0.1, 0.15) is 6.92 Å². The first-order valence-electron chi connectivity index (χ1n) is 6.09. The summed E-state index contributed by atoms with van der Waals surface area (Å²) in [6.07, 6.45) is 0. The van der Waals surface area contributed by atoms with E-state index < -0.39 is 11.2 Å². The molecule has 0 radical (unpaired) electrons. The van der Waals surface area contributed by atoms with E-state index in [0.29, 0.717) is 23.6 Å². The van der Waals surface area contributed by atoms with E-state index in [4.69, 9.17) is 0 Å². The zero-order chi connectivity index (χ0) is 14.3. The molecule has 3 rings (SSSR count). The molecule has 6 nitrogen and oxygen atoms in total. The number of hydrogen-bond donors (Lipinski definition) is 2. The maximum Gasteiger partial charge on any atom is 0.330 e. The van der Waals surface area contributed by atoms with E-state index in [-0.39, 0.29) is 11.3 Å². The second-order valence-corrected chi connectivity index (χ2v) is 4.29. The van der Waals surface area contributed by atoms with Gasteiger partial charge in [-0.05, 0) is 31.2 Å². The van der Waals surface area contributed by atoms with Crippen molar-refractivity contribution >= 4 is 11.2 Å². The largest absolute Gasteiger partial charge is 0.332 e. The number of aromatic nitrogens is 4. The quantitative estimate of drug-likeness (QED) is 0.737. The second-order valence-electron chi connectivity index (χ2n) is 4.29. The smallest absolute Gasteiger partial charge is 0.330 e. The molecule has 2 N–H and O–H groups in total. The first kappa shape index (κ1) is 12.3. The summed E-state index contributed by atoms with van der Waals surface area (Å²) in [5.74, 6) is 0.0616. The van der Waals surface area contributed by atoms with Gasteiger partial charge >= 0.3 is 5.69 Å². The fourth-order valence-corrected chi connectivity index (χ4v) is 2.08. The van der Waals surface area contributed by atoms with Crippen molar-refractivity contribution in [1.29, 1.82) is 0 Å². The molecule has 0 bridgehead atoms. The highest BCUT2D eigenvalue weighted by Crippen LogP contribution is 2.18. The number of hydrogen-bond acceptors (Lipinski definition) is 3. The van der Waals surface area contributed by atoms with Gasteiger partial charge < -0.3 is 4.98 Å². The second kappa shape index (κ2) is 4.44. The minimum Gasteiger partial charge on any atom is -0.332 e. The summed E-state index contributed by atoms with van der Waals surface area (Å²) in [5, 5.41) is 0. The molecule has 1 aromatic carbocycles. The Bertz CT molecular complexity index is 889. The molecule has 0 atom stereocenters. The Morgan fingerprint density at radius 1 is 1.20 bits per heavy atom. The van der Waals surface area contributed by atoms with Gasteiger partial charge in [0.1, 0.15) is 17.2 Å².